The molecule has 0 spiro atoms. The van der Waals surface area contributed by atoms with E-state index < -0.39 is 0 Å². The summed E-state index contributed by atoms with van der Waals surface area (Å²) in [6.07, 6.45) is 4.53. The van der Waals surface area contributed by atoms with E-state index in [9.17, 15) is 14.4 Å². The minimum absolute atomic E-state index is 0.0763. The first-order valence-electron chi connectivity index (χ1n) is 10.7. The van der Waals surface area contributed by atoms with Crippen LogP contribution >= 0.6 is 0 Å². The zero-order valence-electron chi connectivity index (χ0n) is 18.0. The molecule has 2 heterocycles. The van der Waals surface area contributed by atoms with Gasteiger partial charge in [-0.25, -0.2) is 0 Å². The van der Waals surface area contributed by atoms with Crippen molar-refractivity contribution in [3.05, 3.63) is 65.7 Å². The molecule has 1 saturated heterocycles. The maximum atomic E-state index is 13.3. The lowest BCUT2D eigenvalue weighted by atomic mass is 9.96. The molecule has 1 aromatic carbocycles. The summed E-state index contributed by atoms with van der Waals surface area (Å²) in [4.78, 5) is 42.3. The molecule has 0 aliphatic carbocycles. The second-order valence-electron chi connectivity index (χ2n) is 7.49. The largest absolute Gasteiger partial charge is 0.465 e. The predicted octanol–water partition coefficient (Wildman–Crippen LogP) is 3.16. The van der Waals surface area contributed by atoms with Crippen LogP contribution in [0.2, 0.25) is 0 Å². The van der Waals surface area contributed by atoms with E-state index >= 15 is 0 Å². The van der Waals surface area contributed by atoms with Gasteiger partial charge in [-0.3, -0.25) is 14.4 Å². The Morgan fingerprint density at radius 1 is 1.13 bits per heavy atom. The molecule has 7 nitrogen and oxygen atoms in total. The van der Waals surface area contributed by atoms with Gasteiger partial charge in [0, 0.05) is 37.8 Å². The second kappa shape index (κ2) is 10.6. The summed E-state index contributed by atoms with van der Waals surface area (Å²) in [5.74, 6) is -0.388. The third kappa shape index (κ3) is 5.63. The Morgan fingerprint density at radius 3 is 2.52 bits per heavy atom. The van der Waals surface area contributed by atoms with E-state index in [1.54, 1.807) is 46.2 Å². The van der Waals surface area contributed by atoms with Crippen LogP contribution in [-0.4, -0.2) is 53.7 Å². The molecule has 7 heteroatoms. The highest BCUT2D eigenvalue weighted by molar-refractivity contribution is 6.05. The average Bonchev–Trinajstić information content (AvgIpc) is 3.32. The van der Waals surface area contributed by atoms with Crippen molar-refractivity contribution in [3.63, 3.8) is 0 Å². The number of hydrogen-bond acceptors (Lipinski definition) is 4. The number of nitrogens with zero attached hydrogens (tertiary/aromatic N) is 2. The Balaban J connectivity index is 1.79. The monoisotopic (exact) mass is 423 g/mol. The summed E-state index contributed by atoms with van der Waals surface area (Å²) in [5, 5.41) is 2.73. The van der Waals surface area contributed by atoms with Crippen LogP contribution < -0.4 is 5.32 Å². The highest BCUT2D eigenvalue weighted by Gasteiger charge is 2.32. The fourth-order valence-corrected chi connectivity index (χ4v) is 3.78. The third-order valence-corrected chi connectivity index (χ3v) is 5.48. The number of carbonyl (C=O) groups is 3. The number of rotatable bonds is 7. The minimum atomic E-state index is -0.375. The summed E-state index contributed by atoms with van der Waals surface area (Å²) in [7, 11) is 0. The molecule has 1 N–H and O–H groups in total. The van der Waals surface area contributed by atoms with Crippen molar-refractivity contribution in [2.24, 2.45) is 5.92 Å². The first-order chi connectivity index (χ1) is 15.0. The summed E-state index contributed by atoms with van der Waals surface area (Å²) >= 11 is 0. The van der Waals surface area contributed by atoms with Crippen molar-refractivity contribution < 1.29 is 18.8 Å². The van der Waals surface area contributed by atoms with Crippen LogP contribution in [0.4, 0.5) is 0 Å². The number of piperidine rings is 1. The van der Waals surface area contributed by atoms with Crippen LogP contribution in [0.1, 0.15) is 42.8 Å². The fraction of sp³-hybridized carbons (Fsp3) is 0.375. The Bertz CT molecular complexity index is 918. The molecule has 164 valence electrons. The summed E-state index contributed by atoms with van der Waals surface area (Å²) in [6, 6.07) is 12.1. The highest BCUT2D eigenvalue weighted by atomic mass is 16.3. The number of furan rings is 1. The van der Waals surface area contributed by atoms with Crippen molar-refractivity contribution in [1.82, 2.24) is 15.1 Å². The van der Waals surface area contributed by atoms with Crippen molar-refractivity contribution in [1.29, 1.82) is 0 Å². The highest BCUT2D eigenvalue weighted by Crippen LogP contribution is 2.21. The quantitative estimate of drug-likeness (QED) is 0.694. The lowest BCUT2D eigenvalue weighted by molar-refractivity contribution is -0.139. The van der Waals surface area contributed by atoms with Crippen molar-refractivity contribution in [2.45, 2.75) is 26.7 Å². The van der Waals surface area contributed by atoms with Gasteiger partial charge >= 0.3 is 0 Å². The third-order valence-electron chi connectivity index (χ3n) is 5.48. The van der Waals surface area contributed by atoms with Gasteiger partial charge < -0.3 is 19.5 Å². The topological polar surface area (TPSA) is 82.9 Å². The van der Waals surface area contributed by atoms with Gasteiger partial charge in [0.25, 0.3) is 11.8 Å². The van der Waals surface area contributed by atoms with Gasteiger partial charge in [0.2, 0.25) is 5.91 Å². The van der Waals surface area contributed by atoms with Crippen LogP contribution in [0, 0.1) is 5.92 Å². The molecule has 1 fully saturated rings. The molecule has 1 aliphatic heterocycles. The maximum absolute atomic E-state index is 13.3. The number of nitrogens with one attached hydrogen (secondary N) is 1. The Kier molecular flexibility index (Phi) is 7.65. The molecule has 1 aliphatic rings. The Morgan fingerprint density at radius 2 is 1.87 bits per heavy atom. The number of carbonyl (C=O) groups excluding carboxylic acids is 3. The van der Waals surface area contributed by atoms with Crippen LogP contribution in [0.5, 0.6) is 0 Å². The van der Waals surface area contributed by atoms with Gasteiger partial charge in [0.15, 0.2) is 0 Å². The maximum Gasteiger partial charge on any atom is 0.270 e. The molecule has 2 aromatic rings. The van der Waals surface area contributed by atoms with Crippen molar-refractivity contribution in [3.8, 4) is 0 Å². The van der Waals surface area contributed by atoms with Crippen LogP contribution in [-0.2, 0) is 9.59 Å². The molecular weight excluding hydrogens is 394 g/mol. The molecule has 31 heavy (non-hydrogen) atoms. The normalized spacial score (nSPS) is 16.6. The zero-order chi connectivity index (χ0) is 22.2. The van der Waals surface area contributed by atoms with Gasteiger partial charge in [-0.15, -0.1) is 0 Å². The van der Waals surface area contributed by atoms with Crippen LogP contribution in [0.25, 0.3) is 6.08 Å². The van der Waals surface area contributed by atoms with Gasteiger partial charge in [-0.2, -0.15) is 0 Å². The number of hydrogen-bond donors (Lipinski definition) is 1. The average molecular weight is 424 g/mol. The van der Waals surface area contributed by atoms with E-state index in [4.69, 9.17) is 4.42 Å². The first-order valence-corrected chi connectivity index (χ1v) is 10.7. The summed E-state index contributed by atoms with van der Waals surface area (Å²) < 4.78 is 5.35. The smallest absolute Gasteiger partial charge is 0.270 e. The molecule has 3 rings (SSSR count). The van der Waals surface area contributed by atoms with E-state index in [0.29, 0.717) is 37.5 Å². The molecule has 1 atom stereocenters. The first kappa shape index (κ1) is 22.3. The summed E-state index contributed by atoms with van der Waals surface area (Å²) in [5.41, 5.74) is 0.577. The Labute approximate surface area is 182 Å². The SMILES string of the molecule is CCN(CC)C(=O)C1CCCN(C(=O)C(=Cc2ccco2)NC(=O)c2ccccc2)C1. The van der Waals surface area contributed by atoms with Gasteiger partial charge in [-0.05, 0) is 51.0 Å². The van der Waals surface area contributed by atoms with E-state index in [1.807, 2.05) is 19.9 Å². The molecule has 0 radical (unpaired) electrons. The molecule has 0 bridgehead atoms. The lowest BCUT2D eigenvalue weighted by Gasteiger charge is -2.35. The van der Waals surface area contributed by atoms with E-state index in [0.717, 1.165) is 12.8 Å². The summed E-state index contributed by atoms with van der Waals surface area (Å²) in [6.45, 7) is 6.09. The van der Waals surface area contributed by atoms with E-state index in [1.165, 1.54) is 12.3 Å². The minimum Gasteiger partial charge on any atom is -0.465 e. The molecule has 0 saturated carbocycles. The molecule has 3 amide bonds. The van der Waals surface area contributed by atoms with E-state index in [-0.39, 0.29) is 29.3 Å². The zero-order valence-corrected chi connectivity index (χ0v) is 18.0. The Hall–Kier alpha value is -3.35. The van der Waals surface area contributed by atoms with Crippen molar-refractivity contribution >= 4 is 23.8 Å². The van der Waals surface area contributed by atoms with Gasteiger partial charge in [0.05, 0.1) is 12.2 Å². The van der Waals surface area contributed by atoms with Gasteiger partial charge in [-0.1, -0.05) is 18.2 Å². The fourth-order valence-electron chi connectivity index (χ4n) is 3.78. The standard InChI is InChI=1S/C24H29N3O4/c1-3-26(4-2)23(29)19-12-8-14-27(17-19)24(30)21(16-20-13-9-15-31-20)25-22(28)18-10-6-5-7-11-18/h5-7,9-11,13,15-16,19H,3-4,8,12,14,17H2,1-2H3,(H,25,28). The number of amides is 3. The number of benzene rings is 1. The second-order valence-corrected chi connectivity index (χ2v) is 7.49. The molecular formula is C24H29N3O4. The molecule has 1 unspecified atom stereocenters. The predicted molar refractivity (Wildman–Crippen MR) is 118 cm³/mol. The van der Waals surface area contributed by atoms with Crippen LogP contribution in [0.3, 0.4) is 0 Å². The molecule has 1 aromatic heterocycles. The number of likely N-dealkylation sites (tertiary alicyclic amines) is 1. The van der Waals surface area contributed by atoms with Gasteiger partial charge in [0.1, 0.15) is 11.5 Å². The van der Waals surface area contributed by atoms with Crippen molar-refractivity contribution in [2.75, 3.05) is 26.2 Å². The van der Waals surface area contributed by atoms with Crippen LogP contribution in [0.15, 0.2) is 58.8 Å². The lowest BCUT2D eigenvalue weighted by Crippen LogP contribution is -2.48. The van der Waals surface area contributed by atoms with E-state index in [2.05, 4.69) is 5.32 Å².